The Bertz CT molecular complexity index is 666. The minimum atomic E-state index is -0.194. The van der Waals surface area contributed by atoms with Gasteiger partial charge in [0.2, 0.25) is 0 Å². The maximum atomic E-state index is 12.4. The summed E-state index contributed by atoms with van der Waals surface area (Å²) in [5.41, 5.74) is 3.74. The standard InChI is InChI=1S/C17H19NO2/c1-2-12-3-5-13(6-4-12)16-10-7-14(11-19)17(20)18(16)15-8-9-15/h3-7,10,15,19H,2,8-9,11H2,1H3. The summed E-state index contributed by atoms with van der Waals surface area (Å²) in [6.07, 6.45) is 3.11. The lowest BCUT2D eigenvalue weighted by Crippen LogP contribution is -2.24. The predicted molar refractivity (Wildman–Crippen MR) is 79.7 cm³/mol. The molecular weight excluding hydrogens is 250 g/mol. The molecule has 1 saturated carbocycles. The number of aryl methyl sites for hydroxylation is 1. The zero-order chi connectivity index (χ0) is 14.1. The average Bonchev–Trinajstić information content (AvgIpc) is 3.31. The van der Waals surface area contributed by atoms with Crippen LogP contribution in [0.4, 0.5) is 0 Å². The van der Waals surface area contributed by atoms with Gasteiger partial charge in [0.05, 0.1) is 12.3 Å². The highest BCUT2D eigenvalue weighted by Gasteiger charge is 2.27. The second-order valence-corrected chi connectivity index (χ2v) is 5.36. The van der Waals surface area contributed by atoms with Gasteiger partial charge in [0.25, 0.3) is 5.56 Å². The molecular formula is C17H19NO2. The number of hydrogen-bond donors (Lipinski definition) is 1. The number of hydrogen-bond acceptors (Lipinski definition) is 2. The summed E-state index contributed by atoms with van der Waals surface area (Å²) in [5, 5.41) is 9.26. The van der Waals surface area contributed by atoms with Crippen LogP contribution < -0.4 is 5.56 Å². The zero-order valence-corrected chi connectivity index (χ0v) is 11.7. The Balaban J connectivity index is 2.12. The van der Waals surface area contributed by atoms with Crippen molar-refractivity contribution in [2.45, 2.75) is 38.8 Å². The average molecular weight is 269 g/mol. The van der Waals surface area contributed by atoms with Gasteiger partial charge in [-0.05, 0) is 42.5 Å². The van der Waals surface area contributed by atoms with Gasteiger partial charge in [0.15, 0.2) is 0 Å². The first-order chi connectivity index (χ1) is 9.74. The zero-order valence-electron chi connectivity index (χ0n) is 11.7. The van der Waals surface area contributed by atoms with E-state index in [-0.39, 0.29) is 12.2 Å². The molecule has 1 N–H and O–H groups in total. The molecule has 0 bridgehead atoms. The van der Waals surface area contributed by atoms with Crippen LogP contribution in [0.15, 0.2) is 41.2 Å². The number of nitrogens with zero attached hydrogens (tertiary/aromatic N) is 1. The Morgan fingerprint density at radius 3 is 2.40 bits per heavy atom. The molecule has 3 heteroatoms. The van der Waals surface area contributed by atoms with Crippen LogP contribution in [0.2, 0.25) is 0 Å². The minimum absolute atomic E-state index is 0.0490. The Morgan fingerprint density at radius 2 is 1.85 bits per heavy atom. The number of aliphatic hydroxyl groups excluding tert-OH is 1. The van der Waals surface area contributed by atoms with Gasteiger partial charge in [-0.15, -0.1) is 0 Å². The van der Waals surface area contributed by atoms with Crippen molar-refractivity contribution in [1.82, 2.24) is 4.57 Å². The van der Waals surface area contributed by atoms with E-state index in [0.717, 1.165) is 30.5 Å². The van der Waals surface area contributed by atoms with Gasteiger partial charge < -0.3 is 9.67 Å². The van der Waals surface area contributed by atoms with Crippen molar-refractivity contribution in [2.24, 2.45) is 0 Å². The van der Waals surface area contributed by atoms with Crippen molar-refractivity contribution >= 4 is 0 Å². The highest BCUT2D eigenvalue weighted by molar-refractivity contribution is 5.60. The van der Waals surface area contributed by atoms with E-state index in [4.69, 9.17) is 0 Å². The van der Waals surface area contributed by atoms with E-state index in [1.54, 1.807) is 6.07 Å². The summed E-state index contributed by atoms with van der Waals surface area (Å²) in [7, 11) is 0. The first-order valence-corrected chi connectivity index (χ1v) is 7.19. The van der Waals surface area contributed by atoms with Crippen molar-refractivity contribution in [3.8, 4) is 11.3 Å². The quantitative estimate of drug-likeness (QED) is 0.927. The van der Waals surface area contributed by atoms with E-state index in [0.29, 0.717) is 11.6 Å². The lowest BCUT2D eigenvalue weighted by Gasteiger charge is -2.14. The van der Waals surface area contributed by atoms with E-state index in [1.165, 1.54) is 5.56 Å². The van der Waals surface area contributed by atoms with E-state index >= 15 is 0 Å². The van der Waals surface area contributed by atoms with Gasteiger partial charge in [-0.2, -0.15) is 0 Å². The van der Waals surface area contributed by atoms with Crippen LogP contribution >= 0.6 is 0 Å². The monoisotopic (exact) mass is 269 g/mol. The summed E-state index contributed by atoms with van der Waals surface area (Å²) in [5.74, 6) is 0. The fourth-order valence-electron chi connectivity index (χ4n) is 2.56. The predicted octanol–water partition coefficient (Wildman–Crippen LogP) is 2.90. The van der Waals surface area contributed by atoms with Crippen molar-refractivity contribution in [3.63, 3.8) is 0 Å². The third-order valence-corrected chi connectivity index (χ3v) is 3.94. The molecule has 1 heterocycles. The Morgan fingerprint density at radius 1 is 1.15 bits per heavy atom. The van der Waals surface area contributed by atoms with Gasteiger partial charge in [0, 0.05) is 11.6 Å². The van der Waals surface area contributed by atoms with E-state index in [1.807, 2.05) is 10.6 Å². The summed E-state index contributed by atoms with van der Waals surface area (Å²) in [6, 6.07) is 12.4. The lowest BCUT2D eigenvalue weighted by molar-refractivity contribution is 0.279. The van der Waals surface area contributed by atoms with Crippen LogP contribution in [0.25, 0.3) is 11.3 Å². The smallest absolute Gasteiger partial charge is 0.256 e. The molecule has 0 aliphatic heterocycles. The lowest BCUT2D eigenvalue weighted by atomic mass is 10.1. The molecule has 20 heavy (non-hydrogen) atoms. The van der Waals surface area contributed by atoms with Crippen LogP contribution in [-0.4, -0.2) is 9.67 Å². The molecule has 1 fully saturated rings. The molecule has 1 aliphatic rings. The summed E-state index contributed by atoms with van der Waals surface area (Å²) in [4.78, 5) is 12.4. The van der Waals surface area contributed by atoms with Gasteiger partial charge >= 0.3 is 0 Å². The van der Waals surface area contributed by atoms with Crippen LogP contribution in [-0.2, 0) is 13.0 Å². The molecule has 1 aliphatic carbocycles. The van der Waals surface area contributed by atoms with Gasteiger partial charge in [-0.3, -0.25) is 4.79 Å². The summed E-state index contributed by atoms with van der Waals surface area (Å²) in [6.45, 7) is 1.94. The van der Waals surface area contributed by atoms with Gasteiger partial charge in [-0.25, -0.2) is 0 Å². The van der Waals surface area contributed by atoms with Crippen LogP contribution in [0.1, 0.15) is 36.9 Å². The van der Waals surface area contributed by atoms with Crippen molar-refractivity contribution in [1.29, 1.82) is 0 Å². The molecule has 0 unspecified atom stereocenters. The Hall–Kier alpha value is -1.87. The normalized spacial score (nSPS) is 14.5. The van der Waals surface area contributed by atoms with Gasteiger partial charge in [0.1, 0.15) is 0 Å². The maximum absolute atomic E-state index is 12.4. The second kappa shape index (κ2) is 5.25. The van der Waals surface area contributed by atoms with E-state index in [9.17, 15) is 9.90 Å². The first-order valence-electron chi connectivity index (χ1n) is 7.19. The highest BCUT2D eigenvalue weighted by Crippen LogP contribution is 2.37. The van der Waals surface area contributed by atoms with Crippen molar-refractivity contribution < 1.29 is 5.11 Å². The maximum Gasteiger partial charge on any atom is 0.256 e. The van der Waals surface area contributed by atoms with Crippen LogP contribution in [0.5, 0.6) is 0 Å². The van der Waals surface area contributed by atoms with Gasteiger partial charge in [-0.1, -0.05) is 31.2 Å². The number of rotatable bonds is 4. The Kier molecular flexibility index (Phi) is 3.45. The number of aliphatic hydroxyl groups is 1. The summed E-state index contributed by atoms with van der Waals surface area (Å²) >= 11 is 0. The number of pyridine rings is 1. The molecule has 2 aromatic rings. The van der Waals surface area contributed by atoms with Crippen molar-refractivity contribution in [2.75, 3.05) is 0 Å². The van der Waals surface area contributed by atoms with E-state index < -0.39 is 0 Å². The third kappa shape index (κ3) is 2.29. The molecule has 3 nitrogen and oxygen atoms in total. The molecule has 0 atom stereocenters. The Labute approximate surface area is 118 Å². The van der Waals surface area contributed by atoms with Crippen LogP contribution in [0, 0.1) is 0 Å². The largest absolute Gasteiger partial charge is 0.391 e. The van der Waals surface area contributed by atoms with Crippen molar-refractivity contribution in [3.05, 3.63) is 57.9 Å². The number of benzene rings is 1. The first kappa shape index (κ1) is 13.1. The second-order valence-electron chi connectivity index (χ2n) is 5.36. The molecule has 0 radical (unpaired) electrons. The fraction of sp³-hybridized carbons (Fsp3) is 0.353. The minimum Gasteiger partial charge on any atom is -0.391 e. The summed E-state index contributed by atoms with van der Waals surface area (Å²) < 4.78 is 1.85. The molecule has 1 aromatic carbocycles. The highest BCUT2D eigenvalue weighted by atomic mass is 16.3. The van der Waals surface area contributed by atoms with E-state index in [2.05, 4.69) is 31.2 Å². The SMILES string of the molecule is CCc1ccc(-c2ccc(CO)c(=O)n2C2CC2)cc1. The molecule has 104 valence electrons. The molecule has 0 spiro atoms. The molecule has 1 aromatic heterocycles. The molecule has 0 saturated heterocycles. The third-order valence-electron chi connectivity index (χ3n) is 3.94. The molecule has 3 rings (SSSR count). The molecule has 0 amide bonds. The van der Waals surface area contributed by atoms with Crippen LogP contribution in [0.3, 0.4) is 0 Å². The topological polar surface area (TPSA) is 42.2 Å². The number of aromatic nitrogens is 1. The fourth-order valence-corrected chi connectivity index (χ4v) is 2.56.